The molecule has 4 nitrogen and oxygen atoms in total. The summed E-state index contributed by atoms with van der Waals surface area (Å²) >= 11 is 0. The summed E-state index contributed by atoms with van der Waals surface area (Å²) in [6.07, 6.45) is 3.69. The largest absolute Gasteiger partial charge is 0.396 e. The average Bonchev–Trinajstić information content (AvgIpc) is 2.18. The van der Waals surface area contributed by atoms with E-state index >= 15 is 0 Å². The molecule has 1 fully saturated rings. The smallest absolute Gasteiger partial charge is 0.230 e. The maximum absolute atomic E-state index is 11.7. The maximum atomic E-state index is 11.7. The van der Waals surface area contributed by atoms with Crippen LogP contribution in [0.25, 0.3) is 0 Å². The normalized spacial score (nSPS) is 21.5. The van der Waals surface area contributed by atoms with Crippen LogP contribution in [0.15, 0.2) is 0 Å². The second-order valence-corrected chi connectivity index (χ2v) is 4.13. The van der Waals surface area contributed by atoms with E-state index < -0.39 is 0 Å². The lowest BCUT2D eigenvalue weighted by molar-refractivity contribution is -0.138. The van der Waals surface area contributed by atoms with Gasteiger partial charge in [-0.25, -0.2) is 0 Å². The molecule has 1 heterocycles. The van der Waals surface area contributed by atoms with Gasteiger partial charge in [0.05, 0.1) is 6.42 Å². The SMILES string of the molecule is CC(=O)CC(=O)N1CCCCC1CCO. The number of Topliss-reactive ketones (excluding diaryl/α,β-unsaturated/α-hetero) is 1. The minimum Gasteiger partial charge on any atom is -0.396 e. The molecule has 4 heteroatoms. The van der Waals surface area contributed by atoms with E-state index in [0.29, 0.717) is 6.42 Å². The highest BCUT2D eigenvalue weighted by Crippen LogP contribution is 2.20. The molecule has 1 amide bonds. The Bertz CT molecular complexity index is 238. The molecular weight excluding hydrogens is 194 g/mol. The zero-order valence-electron chi connectivity index (χ0n) is 9.24. The van der Waals surface area contributed by atoms with Crippen LogP contribution in [-0.4, -0.2) is 40.9 Å². The van der Waals surface area contributed by atoms with Crippen molar-refractivity contribution in [1.82, 2.24) is 4.90 Å². The molecule has 0 spiro atoms. The monoisotopic (exact) mass is 213 g/mol. The van der Waals surface area contributed by atoms with Crippen molar-refractivity contribution in [2.45, 2.75) is 45.1 Å². The van der Waals surface area contributed by atoms with Crippen molar-refractivity contribution in [2.75, 3.05) is 13.2 Å². The number of hydrogen-bond acceptors (Lipinski definition) is 3. The van der Waals surface area contributed by atoms with E-state index in [2.05, 4.69) is 0 Å². The van der Waals surface area contributed by atoms with E-state index in [1.807, 2.05) is 0 Å². The van der Waals surface area contributed by atoms with Gasteiger partial charge in [0, 0.05) is 19.2 Å². The first-order chi connectivity index (χ1) is 7.15. The van der Waals surface area contributed by atoms with Gasteiger partial charge in [-0.15, -0.1) is 0 Å². The van der Waals surface area contributed by atoms with Crippen molar-refractivity contribution < 1.29 is 14.7 Å². The summed E-state index contributed by atoms with van der Waals surface area (Å²) in [5.74, 6) is -0.172. The Labute approximate surface area is 90.3 Å². The summed E-state index contributed by atoms with van der Waals surface area (Å²) in [4.78, 5) is 24.3. The Morgan fingerprint density at radius 3 is 2.73 bits per heavy atom. The molecule has 1 aliphatic rings. The van der Waals surface area contributed by atoms with Crippen molar-refractivity contribution in [3.8, 4) is 0 Å². The lowest BCUT2D eigenvalue weighted by Crippen LogP contribution is -2.44. The number of aliphatic hydroxyl groups excluding tert-OH is 1. The van der Waals surface area contributed by atoms with Crippen LogP contribution in [0.5, 0.6) is 0 Å². The van der Waals surface area contributed by atoms with Gasteiger partial charge in [-0.2, -0.15) is 0 Å². The summed E-state index contributed by atoms with van der Waals surface area (Å²) in [7, 11) is 0. The van der Waals surface area contributed by atoms with Gasteiger partial charge in [0.25, 0.3) is 0 Å². The Balaban J connectivity index is 2.54. The first-order valence-electron chi connectivity index (χ1n) is 5.55. The molecule has 15 heavy (non-hydrogen) atoms. The maximum Gasteiger partial charge on any atom is 0.230 e. The highest BCUT2D eigenvalue weighted by molar-refractivity contribution is 5.96. The molecule has 1 N–H and O–H groups in total. The van der Waals surface area contributed by atoms with E-state index in [1.165, 1.54) is 6.92 Å². The van der Waals surface area contributed by atoms with Crippen molar-refractivity contribution in [1.29, 1.82) is 0 Å². The van der Waals surface area contributed by atoms with Crippen molar-refractivity contribution in [3.05, 3.63) is 0 Å². The van der Waals surface area contributed by atoms with Crippen molar-refractivity contribution in [2.24, 2.45) is 0 Å². The number of aliphatic hydroxyl groups is 1. The third kappa shape index (κ3) is 3.63. The third-order valence-corrected chi connectivity index (χ3v) is 2.81. The predicted octanol–water partition coefficient (Wildman–Crippen LogP) is 0.729. The standard InChI is InChI=1S/C11H19NO3/c1-9(14)8-11(15)12-6-3-2-4-10(12)5-7-13/h10,13H,2-8H2,1H3. The average molecular weight is 213 g/mol. The number of piperidine rings is 1. The topological polar surface area (TPSA) is 57.6 Å². The summed E-state index contributed by atoms with van der Waals surface area (Å²) < 4.78 is 0. The van der Waals surface area contributed by atoms with Crippen LogP contribution in [0, 0.1) is 0 Å². The van der Waals surface area contributed by atoms with Crippen LogP contribution in [0.1, 0.15) is 39.0 Å². The van der Waals surface area contributed by atoms with Crippen LogP contribution in [0.4, 0.5) is 0 Å². The Hall–Kier alpha value is -0.900. The zero-order valence-corrected chi connectivity index (χ0v) is 9.24. The fourth-order valence-corrected chi connectivity index (χ4v) is 2.09. The molecule has 0 aromatic carbocycles. The van der Waals surface area contributed by atoms with Gasteiger partial charge < -0.3 is 10.0 Å². The summed E-state index contributed by atoms with van der Waals surface area (Å²) in [5, 5.41) is 8.90. The fourth-order valence-electron chi connectivity index (χ4n) is 2.09. The van der Waals surface area contributed by atoms with E-state index in [4.69, 9.17) is 5.11 Å². The number of rotatable bonds is 4. The fraction of sp³-hybridized carbons (Fsp3) is 0.818. The number of hydrogen-bond donors (Lipinski definition) is 1. The zero-order chi connectivity index (χ0) is 11.3. The molecule has 0 bridgehead atoms. The van der Waals surface area contributed by atoms with Gasteiger partial charge in [-0.05, 0) is 32.6 Å². The number of nitrogens with zero attached hydrogens (tertiary/aromatic N) is 1. The summed E-state index contributed by atoms with van der Waals surface area (Å²) in [6, 6.07) is 0.135. The molecule has 1 unspecified atom stereocenters. The summed E-state index contributed by atoms with van der Waals surface area (Å²) in [5.41, 5.74) is 0. The second-order valence-electron chi connectivity index (χ2n) is 4.13. The highest BCUT2D eigenvalue weighted by atomic mass is 16.3. The minimum absolute atomic E-state index is 0.00191. The van der Waals surface area contributed by atoms with Gasteiger partial charge in [-0.1, -0.05) is 0 Å². The number of ketones is 1. The lowest BCUT2D eigenvalue weighted by Gasteiger charge is -2.35. The van der Waals surface area contributed by atoms with Crippen LogP contribution < -0.4 is 0 Å². The Kier molecular flexibility index (Phi) is 4.75. The first-order valence-corrected chi connectivity index (χ1v) is 5.55. The molecule has 0 radical (unpaired) electrons. The van der Waals surface area contributed by atoms with Gasteiger partial charge in [-0.3, -0.25) is 9.59 Å². The first kappa shape index (κ1) is 12.2. The molecule has 0 aromatic heterocycles. The molecule has 86 valence electrons. The van der Waals surface area contributed by atoms with E-state index in [9.17, 15) is 9.59 Å². The van der Waals surface area contributed by atoms with Crippen LogP contribution >= 0.6 is 0 Å². The molecule has 0 saturated carbocycles. The van der Waals surface area contributed by atoms with E-state index in [0.717, 1.165) is 25.8 Å². The number of carbonyl (C=O) groups excluding carboxylic acids is 2. The molecule has 1 aliphatic heterocycles. The Morgan fingerprint density at radius 2 is 2.13 bits per heavy atom. The number of carbonyl (C=O) groups is 2. The van der Waals surface area contributed by atoms with E-state index in [1.54, 1.807) is 4.90 Å². The molecular formula is C11H19NO3. The quantitative estimate of drug-likeness (QED) is 0.700. The molecule has 1 atom stereocenters. The lowest BCUT2D eigenvalue weighted by atomic mass is 9.99. The summed E-state index contributed by atoms with van der Waals surface area (Å²) in [6.45, 7) is 2.27. The van der Waals surface area contributed by atoms with Crippen molar-refractivity contribution >= 4 is 11.7 Å². The molecule has 0 aliphatic carbocycles. The van der Waals surface area contributed by atoms with Crippen LogP contribution in [-0.2, 0) is 9.59 Å². The van der Waals surface area contributed by atoms with Gasteiger partial charge >= 0.3 is 0 Å². The molecule has 1 saturated heterocycles. The van der Waals surface area contributed by atoms with E-state index in [-0.39, 0.29) is 30.8 Å². The highest BCUT2D eigenvalue weighted by Gasteiger charge is 2.26. The third-order valence-electron chi connectivity index (χ3n) is 2.81. The minimum atomic E-state index is -0.0895. The molecule has 0 aromatic rings. The van der Waals surface area contributed by atoms with Gasteiger partial charge in [0.15, 0.2) is 0 Å². The Morgan fingerprint density at radius 1 is 1.40 bits per heavy atom. The number of amides is 1. The van der Waals surface area contributed by atoms with Crippen LogP contribution in [0.3, 0.4) is 0 Å². The molecule has 1 rings (SSSR count). The van der Waals surface area contributed by atoms with Crippen molar-refractivity contribution in [3.63, 3.8) is 0 Å². The second kappa shape index (κ2) is 5.85. The number of likely N-dealkylation sites (tertiary alicyclic amines) is 1. The van der Waals surface area contributed by atoms with Gasteiger partial charge in [0.2, 0.25) is 5.91 Å². The van der Waals surface area contributed by atoms with Gasteiger partial charge in [0.1, 0.15) is 5.78 Å². The predicted molar refractivity (Wildman–Crippen MR) is 56.4 cm³/mol. The van der Waals surface area contributed by atoms with Crippen LogP contribution in [0.2, 0.25) is 0 Å².